The molecule has 5 heteroatoms. The van der Waals surface area contributed by atoms with E-state index in [4.69, 9.17) is 17.3 Å². The van der Waals surface area contributed by atoms with E-state index in [1.165, 1.54) is 6.20 Å². The van der Waals surface area contributed by atoms with Crippen molar-refractivity contribution in [2.24, 2.45) is 0 Å². The quantitative estimate of drug-likeness (QED) is 0.905. The van der Waals surface area contributed by atoms with Crippen molar-refractivity contribution in [3.8, 4) is 0 Å². The first kappa shape index (κ1) is 13.4. The van der Waals surface area contributed by atoms with Gasteiger partial charge in [0.15, 0.2) is 0 Å². The third kappa shape index (κ3) is 3.69. The van der Waals surface area contributed by atoms with Gasteiger partial charge in [-0.1, -0.05) is 17.7 Å². The number of nitrogens with zero attached hydrogens (tertiary/aromatic N) is 1. The zero-order chi connectivity index (χ0) is 13.8. The minimum Gasteiger partial charge on any atom is -0.397 e. The Balaban J connectivity index is 2.03. The normalized spacial score (nSPS) is 10.2. The number of carbonyl (C=O) groups excluding carboxylic acids is 1. The molecule has 0 aliphatic carbocycles. The number of nitrogen functional groups attached to an aromatic ring is 1. The van der Waals surface area contributed by atoms with E-state index in [1.807, 2.05) is 13.0 Å². The lowest BCUT2D eigenvalue weighted by molar-refractivity contribution is -0.115. The fourth-order valence-corrected chi connectivity index (χ4v) is 1.90. The van der Waals surface area contributed by atoms with Gasteiger partial charge in [0.05, 0.1) is 29.0 Å². The molecule has 1 aromatic heterocycles. The first-order chi connectivity index (χ1) is 9.04. The van der Waals surface area contributed by atoms with Crippen molar-refractivity contribution in [3.63, 3.8) is 0 Å². The van der Waals surface area contributed by atoms with Gasteiger partial charge >= 0.3 is 0 Å². The van der Waals surface area contributed by atoms with Crippen molar-refractivity contribution in [1.29, 1.82) is 0 Å². The summed E-state index contributed by atoms with van der Waals surface area (Å²) in [5, 5.41) is 3.28. The summed E-state index contributed by atoms with van der Waals surface area (Å²) in [5.74, 6) is -0.164. The van der Waals surface area contributed by atoms with Gasteiger partial charge in [0.2, 0.25) is 5.91 Å². The van der Waals surface area contributed by atoms with Gasteiger partial charge in [0, 0.05) is 5.69 Å². The zero-order valence-corrected chi connectivity index (χ0v) is 11.2. The van der Waals surface area contributed by atoms with Crippen LogP contribution in [0.1, 0.15) is 11.3 Å². The van der Waals surface area contributed by atoms with E-state index in [0.29, 0.717) is 22.1 Å². The van der Waals surface area contributed by atoms with Gasteiger partial charge < -0.3 is 11.1 Å². The van der Waals surface area contributed by atoms with Gasteiger partial charge in [-0.2, -0.15) is 0 Å². The van der Waals surface area contributed by atoms with Crippen molar-refractivity contribution in [2.75, 3.05) is 11.1 Å². The minimum absolute atomic E-state index is 0.164. The molecule has 0 saturated heterocycles. The van der Waals surface area contributed by atoms with E-state index in [-0.39, 0.29) is 12.3 Å². The van der Waals surface area contributed by atoms with Crippen molar-refractivity contribution >= 4 is 28.9 Å². The Morgan fingerprint density at radius 1 is 1.37 bits per heavy atom. The third-order valence-electron chi connectivity index (χ3n) is 2.59. The van der Waals surface area contributed by atoms with Crippen molar-refractivity contribution in [1.82, 2.24) is 4.98 Å². The lowest BCUT2D eigenvalue weighted by Gasteiger charge is -2.07. The van der Waals surface area contributed by atoms with Crippen LogP contribution < -0.4 is 11.1 Å². The predicted octanol–water partition coefficient (Wildman–Crippen LogP) is 2.81. The average Bonchev–Trinajstić information content (AvgIpc) is 2.36. The number of nitrogens with one attached hydrogen (secondary N) is 1. The van der Waals surface area contributed by atoms with E-state index < -0.39 is 0 Å². The summed E-state index contributed by atoms with van der Waals surface area (Å²) in [4.78, 5) is 15.9. The van der Waals surface area contributed by atoms with E-state index >= 15 is 0 Å². The number of hydrogen-bond acceptors (Lipinski definition) is 3. The summed E-state index contributed by atoms with van der Waals surface area (Å²) < 4.78 is 0. The van der Waals surface area contributed by atoms with Crippen LogP contribution in [-0.4, -0.2) is 10.9 Å². The topological polar surface area (TPSA) is 68.0 Å². The minimum atomic E-state index is -0.164. The number of carbonyl (C=O) groups is 1. The highest BCUT2D eigenvalue weighted by molar-refractivity contribution is 6.33. The number of nitrogens with two attached hydrogens (primary N) is 1. The molecule has 0 unspecified atom stereocenters. The number of aromatic nitrogens is 1. The van der Waals surface area contributed by atoms with Crippen LogP contribution in [0.4, 0.5) is 11.4 Å². The second-order valence-electron chi connectivity index (χ2n) is 4.29. The third-order valence-corrected chi connectivity index (χ3v) is 2.90. The Kier molecular flexibility index (Phi) is 4.02. The highest BCUT2D eigenvalue weighted by Crippen LogP contribution is 2.22. The number of rotatable bonds is 3. The molecule has 0 spiro atoms. The number of anilines is 2. The Labute approximate surface area is 116 Å². The second-order valence-corrected chi connectivity index (χ2v) is 4.70. The van der Waals surface area contributed by atoms with E-state index in [1.54, 1.807) is 24.3 Å². The van der Waals surface area contributed by atoms with E-state index in [2.05, 4.69) is 10.3 Å². The molecule has 0 radical (unpaired) electrons. The number of benzene rings is 1. The zero-order valence-electron chi connectivity index (χ0n) is 10.5. The highest BCUT2D eigenvalue weighted by Gasteiger charge is 2.07. The Morgan fingerprint density at radius 3 is 2.79 bits per heavy atom. The lowest BCUT2D eigenvalue weighted by Crippen LogP contribution is -2.15. The fraction of sp³-hybridized carbons (Fsp3) is 0.143. The summed E-state index contributed by atoms with van der Waals surface area (Å²) >= 11 is 6.05. The van der Waals surface area contributed by atoms with Gasteiger partial charge in [-0.15, -0.1) is 0 Å². The van der Waals surface area contributed by atoms with Gasteiger partial charge in [0.25, 0.3) is 0 Å². The molecule has 2 aromatic rings. The molecule has 3 N–H and O–H groups in total. The summed E-state index contributed by atoms with van der Waals surface area (Å²) in [7, 11) is 0. The number of hydrogen-bond donors (Lipinski definition) is 2. The van der Waals surface area contributed by atoms with Crippen LogP contribution in [-0.2, 0) is 11.2 Å². The van der Waals surface area contributed by atoms with Crippen molar-refractivity contribution in [2.45, 2.75) is 13.3 Å². The summed E-state index contributed by atoms with van der Waals surface area (Å²) in [5.41, 5.74) is 8.42. The Bertz CT molecular complexity index is 596. The molecule has 2 rings (SSSR count). The van der Waals surface area contributed by atoms with Crippen LogP contribution >= 0.6 is 11.6 Å². The SMILES string of the molecule is Cc1ccc(NC(=O)Cc2ccc(N)cn2)c(Cl)c1. The molecule has 1 aromatic carbocycles. The van der Waals surface area contributed by atoms with Gasteiger partial charge in [-0.25, -0.2) is 0 Å². The molecule has 0 aliphatic rings. The summed E-state index contributed by atoms with van der Waals surface area (Å²) in [6.07, 6.45) is 1.71. The molecule has 0 saturated carbocycles. The molecule has 0 atom stereocenters. The highest BCUT2D eigenvalue weighted by atomic mass is 35.5. The fourth-order valence-electron chi connectivity index (χ4n) is 1.62. The molecule has 19 heavy (non-hydrogen) atoms. The predicted molar refractivity (Wildman–Crippen MR) is 77.2 cm³/mol. The first-order valence-corrected chi connectivity index (χ1v) is 6.19. The van der Waals surface area contributed by atoms with Crippen LogP contribution in [0.5, 0.6) is 0 Å². The molecule has 0 fully saturated rings. The van der Waals surface area contributed by atoms with Crippen molar-refractivity contribution in [3.05, 3.63) is 52.8 Å². The Morgan fingerprint density at radius 2 is 2.16 bits per heavy atom. The van der Waals surface area contributed by atoms with E-state index in [9.17, 15) is 4.79 Å². The smallest absolute Gasteiger partial charge is 0.230 e. The largest absolute Gasteiger partial charge is 0.397 e. The molecular weight excluding hydrogens is 262 g/mol. The van der Waals surface area contributed by atoms with Gasteiger partial charge in [0.1, 0.15) is 0 Å². The monoisotopic (exact) mass is 275 g/mol. The molecular formula is C14H14ClN3O. The lowest BCUT2D eigenvalue weighted by atomic mass is 10.2. The first-order valence-electron chi connectivity index (χ1n) is 5.81. The maximum Gasteiger partial charge on any atom is 0.230 e. The van der Waals surface area contributed by atoms with E-state index in [0.717, 1.165) is 5.56 Å². The molecule has 1 heterocycles. The average molecular weight is 276 g/mol. The maximum absolute atomic E-state index is 11.9. The molecule has 0 aliphatic heterocycles. The van der Waals surface area contributed by atoms with Crippen LogP contribution in [0.2, 0.25) is 5.02 Å². The van der Waals surface area contributed by atoms with Gasteiger partial charge in [-0.3, -0.25) is 9.78 Å². The van der Waals surface area contributed by atoms with Crippen LogP contribution in [0.3, 0.4) is 0 Å². The van der Waals surface area contributed by atoms with Gasteiger partial charge in [-0.05, 0) is 36.8 Å². The molecule has 0 bridgehead atoms. The number of aryl methyl sites for hydroxylation is 1. The number of halogens is 1. The maximum atomic E-state index is 11.9. The van der Waals surface area contributed by atoms with Crippen LogP contribution in [0, 0.1) is 6.92 Å². The number of amides is 1. The summed E-state index contributed by atoms with van der Waals surface area (Å²) in [6, 6.07) is 8.92. The molecule has 4 nitrogen and oxygen atoms in total. The summed E-state index contributed by atoms with van der Waals surface area (Å²) in [6.45, 7) is 1.94. The van der Waals surface area contributed by atoms with Crippen LogP contribution in [0.25, 0.3) is 0 Å². The van der Waals surface area contributed by atoms with Crippen molar-refractivity contribution < 1.29 is 4.79 Å². The number of pyridine rings is 1. The standard InChI is InChI=1S/C14H14ClN3O/c1-9-2-5-13(12(15)6-9)18-14(19)7-11-4-3-10(16)8-17-11/h2-6,8H,7,16H2,1H3,(H,18,19). The van der Waals surface area contributed by atoms with Crippen LogP contribution in [0.15, 0.2) is 36.5 Å². The second kappa shape index (κ2) is 5.71. The Hall–Kier alpha value is -2.07. The molecule has 98 valence electrons. The molecule has 1 amide bonds.